The summed E-state index contributed by atoms with van der Waals surface area (Å²) in [6.45, 7) is 4.07. The third-order valence-corrected chi connectivity index (χ3v) is 4.48. The summed E-state index contributed by atoms with van der Waals surface area (Å²) in [7, 11) is 0. The van der Waals surface area contributed by atoms with E-state index in [-0.39, 0.29) is 11.8 Å². The van der Waals surface area contributed by atoms with E-state index in [4.69, 9.17) is 14.6 Å². The zero-order chi connectivity index (χ0) is 16.0. The predicted molar refractivity (Wildman–Crippen MR) is 80.1 cm³/mol. The highest BCUT2D eigenvalue weighted by Crippen LogP contribution is 2.38. The van der Waals surface area contributed by atoms with E-state index in [2.05, 4.69) is 11.9 Å². The van der Waals surface area contributed by atoms with Gasteiger partial charge in [0.05, 0.1) is 12.2 Å². The first-order chi connectivity index (χ1) is 10.5. The molecule has 0 unspecified atom stereocenters. The monoisotopic (exact) mass is 311 g/mol. The maximum absolute atomic E-state index is 11.9. The van der Waals surface area contributed by atoms with Crippen LogP contribution >= 0.6 is 0 Å². The molecule has 1 amide bonds. The van der Waals surface area contributed by atoms with Crippen LogP contribution in [0.15, 0.2) is 12.3 Å². The minimum atomic E-state index is -0.816. The van der Waals surface area contributed by atoms with E-state index < -0.39 is 18.4 Å². The van der Waals surface area contributed by atoms with Gasteiger partial charge in [0.25, 0.3) is 0 Å². The number of hydrogen-bond donors (Lipinski definition) is 2. The van der Waals surface area contributed by atoms with Crippen LogP contribution in [0.4, 0.5) is 4.79 Å². The summed E-state index contributed by atoms with van der Waals surface area (Å²) in [4.78, 5) is 23.0. The molecule has 22 heavy (non-hydrogen) atoms. The van der Waals surface area contributed by atoms with Crippen LogP contribution in [0.5, 0.6) is 0 Å². The summed E-state index contributed by atoms with van der Waals surface area (Å²) < 4.78 is 10.6. The van der Waals surface area contributed by atoms with Crippen molar-refractivity contribution in [1.29, 1.82) is 0 Å². The zero-order valence-corrected chi connectivity index (χ0v) is 12.9. The molecular formula is C16H25NO5. The number of hydrogen-bond acceptors (Lipinski definition) is 4. The van der Waals surface area contributed by atoms with E-state index >= 15 is 0 Å². The Hall–Kier alpha value is -1.72. The number of carbonyl (C=O) groups is 2. The maximum Gasteiger partial charge on any atom is 0.410 e. The molecule has 124 valence electrons. The van der Waals surface area contributed by atoms with Crippen LogP contribution in [0.1, 0.15) is 57.8 Å². The van der Waals surface area contributed by atoms with Gasteiger partial charge in [0.1, 0.15) is 0 Å². The number of rotatable bonds is 5. The lowest BCUT2D eigenvalue weighted by atomic mass is 9.72. The molecule has 2 fully saturated rings. The van der Waals surface area contributed by atoms with Crippen LogP contribution in [0.2, 0.25) is 0 Å². The number of allylic oxidation sites excluding steroid dienone is 1. The van der Waals surface area contributed by atoms with Gasteiger partial charge in [-0.3, -0.25) is 4.79 Å². The van der Waals surface area contributed by atoms with E-state index in [0.717, 1.165) is 44.9 Å². The zero-order valence-electron chi connectivity index (χ0n) is 12.9. The van der Waals surface area contributed by atoms with Gasteiger partial charge in [-0.25, -0.2) is 4.79 Å². The van der Waals surface area contributed by atoms with E-state index in [9.17, 15) is 9.59 Å². The molecule has 0 spiro atoms. The van der Waals surface area contributed by atoms with Crippen LogP contribution in [-0.4, -0.2) is 30.0 Å². The van der Waals surface area contributed by atoms with Gasteiger partial charge < -0.3 is 19.9 Å². The average Bonchev–Trinajstić information content (AvgIpc) is 2.46. The molecule has 0 aromatic rings. The lowest BCUT2D eigenvalue weighted by Crippen LogP contribution is -2.42. The first-order valence-corrected chi connectivity index (χ1v) is 8.00. The third kappa shape index (κ3) is 4.93. The Morgan fingerprint density at radius 3 is 2.68 bits per heavy atom. The van der Waals surface area contributed by atoms with Crippen molar-refractivity contribution < 1.29 is 24.2 Å². The number of carboxylic acids is 1. The van der Waals surface area contributed by atoms with Crippen molar-refractivity contribution >= 4 is 12.1 Å². The number of aliphatic carboxylic acids is 1. The van der Waals surface area contributed by atoms with E-state index in [1.165, 1.54) is 0 Å². The van der Waals surface area contributed by atoms with Gasteiger partial charge in [0, 0.05) is 19.4 Å². The van der Waals surface area contributed by atoms with Gasteiger partial charge in [-0.05, 0) is 24.7 Å². The molecule has 1 aliphatic heterocycles. The Bertz CT molecular complexity index is 428. The second-order valence-corrected chi connectivity index (χ2v) is 6.37. The number of nitrogens with one attached hydrogen (secondary N) is 1. The second-order valence-electron chi connectivity index (χ2n) is 6.37. The quantitative estimate of drug-likeness (QED) is 0.814. The molecule has 0 radical (unpaired) electrons. The lowest BCUT2D eigenvalue weighted by molar-refractivity contribution is -0.140. The molecule has 1 heterocycles. The van der Waals surface area contributed by atoms with Gasteiger partial charge in [-0.15, -0.1) is 0 Å². The standard InChI is InChI=1S/C16H25NO5/c1-12-6-5-7-14(21-12)22-15(20)17-11-16(10-13(18)19)8-3-2-4-9-16/h14H,1-11H2,(H,17,20)(H,18,19)/t14-/m1/s1. The minimum absolute atomic E-state index is 0.0873. The smallest absolute Gasteiger partial charge is 0.410 e. The van der Waals surface area contributed by atoms with Gasteiger partial charge >= 0.3 is 12.1 Å². The summed E-state index contributed by atoms with van der Waals surface area (Å²) in [6, 6.07) is 0. The van der Waals surface area contributed by atoms with Crippen LogP contribution in [0.25, 0.3) is 0 Å². The lowest BCUT2D eigenvalue weighted by Gasteiger charge is -2.36. The Balaban J connectivity index is 1.81. The summed E-state index contributed by atoms with van der Waals surface area (Å²) in [5.41, 5.74) is -0.347. The highest BCUT2D eigenvalue weighted by Gasteiger charge is 2.35. The van der Waals surface area contributed by atoms with Crippen LogP contribution in [-0.2, 0) is 14.3 Å². The number of ether oxygens (including phenoxy) is 2. The number of carbonyl (C=O) groups excluding carboxylic acids is 1. The van der Waals surface area contributed by atoms with Crippen molar-refractivity contribution in [1.82, 2.24) is 5.32 Å². The number of carboxylic acid groups (broad SMARTS) is 1. The van der Waals surface area contributed by atoms with Crippen molar-refractivity contribution in [3.8, 4) is 0 Å². The van der Waals surface area contributed by atoms with Crippen molar-refractivity contribution in [3.05, 3.63) is 12.3 Å². The topological polar surface area (TPSA) is 84.9 Å². The van der Waals surface area contributed by atoms with Gasteiger partial charge in [-0.1, -0.05) is 25.8 Å². The van der Waals surface area contributed by atoms with Gasteiger partial charge in [-0.2, -0.15) is 0 Å². The predicted octanol–water partition coefficient (Wildman–Crippen LogP) is 3.18. The van der Waals surface area contributed by atoms with E-state index in [1.807, 2.05) is 0 Å². The molecule has 6 heteroatoms. The normalized spacial score (nSPS) is 24.2. The molecule has 2 N–H and O–H groups in total. The van der Waals surface area contributed by atoms with Crippen LogP contribution in [0.3, 0.4) is 0 Å². The third-order valence-electron chi connectivity index (χ3n) is 4.48. The molecule has 2 rings (SSSR count). The Morgan fingerprint density at radius 1 is 1.32 bits per heavy atom. The largest absolute Gasteiger partial charge is 0.481 e. The fraction of sp³-hybridized carbons (Fsp3) is 0.750. The Labute approximate surface area is 130 Å². The SMILES string of the molecule is C=C1CCC[C@@H](OC(=O)NCC2(CC(=O)O)CCCCC2)O1. The second kappa shape index (κ2) is 7.51. The van der Waals surface area contributed by atoms with E-state index in [1.54, 1.807) is 0 Å². The molecule has 1 saturated heterocycles. The fourth-order valence-electron chi connectivity index (χ4n) is 3.31. The molecule has 0 bridgehead atoms. The van der Waals surface area contributed by atoms with Crippen molar-refractivity contribution in [2.45, 2.75) is 64.1 Å². The first-order valence-electron chi connectivity index (χ1n) is 8.00. The van der Waals surface area contributed by atoms with Crippen molar-refractivity contribution in [2.75, 3.05) is 6.54 Å². The molecule has 1 aliphatic carbocycles. The van der Waals surface area contributed by atoms with Crippen molar-refractivity contribution in [3.63, 3.8) is 0 Å². The molecule has 0 aromatic carbocycles. The van der Waals surface area contributed by atoms with Crippen LogP contribution < -0.4 is 5.32 Å². The molecule has 1 saturated carbocycles. The molecule has 1 atom stereocenters. The summed E-state index contributed by atoms with van der Waals surface area (Å²) >= 11 is 0. The van der Waals surface area contributed by atoms with E-state index in [0.29, 0.717) is 18.7 Å². The Kier molecular flexibility index (Phi) is 5.69. The summed E-state index contributed by atoms with van der Waals surface area (Å²) in [5.74, 6) is -0.178. The first kappa shape index (κ1) is 16.6. The molecule has 2 aliphatic rings. The average molecular weight is 311 g/mol. The highest BCUT2D eigenvalue weighted by atomic mass is 16.7. The molecule has 0 aromatic heterocycles. The summed E-state index contributed by atoms with van der Waals surface area (Å²) in [6.07, 6.45) is 6.11. The van der Waals surface area contributed by atoms with Crippen molar-refractivity contribution in [2.24, 2.45) is 5.41 Å². The maximum atomic E-state index is 11.9. The van der Waals surface area contributed by atoms with Crippen LogP contribution in [0, 0.1) is 5.41 Å². The minimum Gasteiger partial charge on any atom is -0.481 e. The molecule has 6 nitrogen and oxygen atoms in total. The fourth-order valence-corrected chi connectivity index (χ4v) is 3.31. The number of alkyl carbamates (subject to hydrolysis) is 1. The highest BCUT2D eigenvalue weighted by molar-refractivity contribution is 5.69. The van der Waals surface area contributed by atoms with Gasteiger partial charge in [0.15, 0.2) is 0 Å². The summed E-state index contributed by atoms with van der Waals surface area (Å²) in [5, 5.41) is 11.8. The van der Waals surface area contributed by atoms with Gasteiger partial charge in [0.2, 0.25) is 6.29 Å². The Morgan fingerprint density at radius 2 is 2.05 bits per heavy atom. The molecular weight excluding hydrogens is 286 g/mol. The number of amides is 1.